The van der Waals surface area contributed by atoms with Crippen molar-refractivity contribution in [1.29, 1.82) is 0 Å². The number of amides is 1. The van der Waals surface area contributed by atoms with Crippen LogP contribution >= 0.6 is 12.4 Å². The monoisotopic (exact) mass is 244 g/mol. The second-order valence-electron chi connectivity index (χ2n) is 3.46. The molecule has 0 saturated heterocycles. The molecule has 4 N–H and O–H groups in total. The Morgan fingerprint density at radius 3 is 2.44 bits per heavy atom. The Balaban J connectivity index is 0.00000225. The summed E-state index contributed by atoms with van der Waals surface area (Å²) in [5.74, 6) is -0.180. The number of rotatable bonds is 4. The fourth-order valence-electron chi connectivity index (χ4n) is 1.14. The quantitative estimate of drug-likeness (QED) is 0.729. The number of halogens is 1. The number of aliphatic hydroxyl groups is 1. The summed E-state index contributed by atoms with van der Waals surface area (Å²) < 4.78 is 0. The second-order valence-corrected chi connectivity index (χ2v) is 3.46. The zero-order valence-corrected chi connectivity index (χ0v) is 9.96. The highest BCUT2D eigenvalue weighted by atomic mass is 35.5. The molecule has 1 rings (SSSR count). The lowest BCUT2D eigenvalue weighted by Crippen LogP contribution is -2.34. The van der Waals surface area contributed by atoms with E-state index in [0.29, 0.717) is 12.1 Å². The Hall–Kier alpha value is -1.10. The summed E-state index contributed by atoms with van der Waals surface area (Å²) in [7, 11) is 0. The van der Waals surface area contributed by atoms with Crippen LogP contribution in [0.15, 0.2) is 24.3 Å². The minimum atomic E-state index is -0.230. The van der Waals surface area contributed by atoms with Gasteiger partial charge in [0.2, 0.25) is 0 Å². The first-order valence-electron chi connectivity index (χ1n) is 4.88. The maximum absolute atomic E-state index is 11.6. The van der Waals surface area contributed by atoms with Gasteiger partial charge in [-0.15, -0.1) is 12.4 Å². The van der Waals surface area contributed by atoms with Gasteiger partial charge in [-0.3, -0.25) is 4.79 Å². The molecule has 1 aromatic rings. The first-order chi connectivity index (χ1) is 7.17. The van der Waals surface area contributed by atoms with E-state index < -0.39 is 0 Å². The number of carbonyl (C=O) groups excluding carboxylic acids is 1. The Kier molecular flexibility index (Phi) is 6.72. The van der Waals surface area contributed by atoms with Crippen LogP contribution in [0, 0.1) is 0 Å². The van der Waals surface area contributed by atoms with Gasteiger partial charge in [0.1, 0.15) is 0 Å². The molecule has 1 unspecified atom stereocenters. The van der Waals surface area contributed by atoms with Crippen molar-refractivity contribution in [2.75, 3.05) is 6.61 Å². The standard InChI is InChI=1S/C11H16N2O2.ClH/c1-8(7-14)13-11(15)10-4-2-9(6-12)3-5-10;/h2-5,8,14H,6-7,12H2,1H3,(H,13,15);1H. The van der Waals surface area contributed by atoms with Crippen LogP contribution in [0.2, 0.25) is 0 Å². The maximum atomic E-state index is 11.6. The average molecular weight is 245 g/mol. The summed E-state index contributed by atoms with van der Waals surface area (Å²) in [6, 6.07) is 6.85. The van der Waals surface area contributed by atoms with Crippen molar-refractivity contribution in [3.63, 3.8) is 0 Å². The molecular formula is C11H17ClN2O2. The molecule has 0 heterocycles. The smallest absolute Gasteiger partial charge is 0.251 e. The van der Waals surface area contributed by atoms with Gasteiger partial charge in [-0.2, -0.15) is 0 Å². The largest absolute Gasteiger partial charge is 0.394 e. The second kappa shape index (κ2) is 7.22. The molecule has 1 amide bonds. The molecule has 0 saturated carbocycles. The average Bonchev–Trinajstić information content (AvgIpc) is 2.29. The minimum Gasteiger partial charge on any atom is -0.394 e. The van der Waals surface area contributed by atoms with Crippen LogP contribution in [0.5, 0.6) is 0 Å². The van der Waals surface area contributed by atoms with Gasteiger partial charge in [-0.1, -0.05) is 12.1 Å². The molecule has 5 heteroatoms. The van der Waals surface area contributed by atoms with Gasteiger partial charge in [0.25, 0.3) is 5.91 Å². The molecule has 0 radical (unpaired) electrons. The third kappa shape index (κ3) is 4.18. The third-order valence-electron chi connectivity index (χ3n) is 2.10. The summed E-state index contributed by atoms with van der Waals surface area (Å²) in [6.45, 7) is 2.15. The molecule has 0 spiro atoms. The van der Waals surface area contributed by atoms with Crippen molar-refractivity contribution in [2.45, 2.75) is 19.5 Å². The lowest BCUT2D eigenvalue weighted by atomic mass is 10.1. The SMILES string of the molecule is CC(CO)NC(=O)c1ccc(CN)cc1.Cl. The van der Waals surface area contributed by atoms with Crippen molar-refractivity contribution in [1.82, 2.24) is 5.32 Å². The highest BCUT2D eigenvalue weighted by Crippen LogP contribution is 2.03. The predicted molar refractivity (Wildman–Crippen MR) is 65.6 cm³/mol. The Morgan fingerprint density at radius 1 is 1.44 bits per heavy atom. The summed E-state index contributed by atoms with van der Waals surface area (Å²) in [5, 5.41) is 11.4. The van der Waals surface area contributed by atoms with E-state index in [1.165, 1.54) is 0 Å². The molecule has 0 aliphatic heterocycles. The van der Waals surface area contributed by atoms with Crippen LogP contribution in [0.4, 0.5) is 0 Å². The zero-order chi connectivity index (χ0) is 11.3. The van der Waals surface area contributed by atoms with Crippen LogP contribution < -0.4 is 11.1 Å². The summed E-state index contributed by atoms with van der Waals surface area (Å²) in [4.78, 5) is 11.6. The molecule has 16 heavy (non-hydrogen) atoms. The van der Waals surface area contributed by atoms with E-state index in [9.17, 15) is 4.79 Å². The van der Waals surface area contributed by atoms with Crippen molar-refractivity contribution in [2.24, 2.45) is 5.73 Å². The van der Waals surface area contributed by atoms with Crippen LogP contribution in [0.1, 0.15) is 22.8 Å². The van der Waals surface area contributed by atoms with E-state index in [4.69, 9.17) is 10.8 Å². The van der Waals surface area contributed by atoms with Crippen LogP contribution in [-0.4, -0.2) is 23.7 Å². The van der Waals surface area contributed by atoms with Gasteiger partial charge in [-0.05, 0) is 24.6 Å². The van der Waals surface area contributed by atoms with Gasteiger partial charge >= 0.3 is 0 Å². The lowest BCUT2D eigenvalue weighted by molar-refractivity contribution is 0.0922. The normalized spacial score (nSPS) is 11.4. The third-order valence-corrected chi connectivity index (χ3v) is 2.10. The molecule has 0 fully saturated rings. The Labute approximate surface area is 101 Å². The first kappa shape index (κ1) is 14.9. The number of hydrogen-bond acceptors (Lipinski definition) is 3. The van der Waals surface area contributed by atoms with Crippen molar-refractivity contribution < 1.29 is 9.90 Å². The fraction of sp³-hybridized carbons (Fsp3) is 0.364. The highest BCUT2D eigenvalue weighted by Gasteiger charge is 2.08. The molecule has 1 atom stereocenters. The van der Waals surface area contributed by atoms with Crippen LogP contribution in [-0.2, 0) is 6.54 Å². The number of hydrogen-bond donors (Lipinski definition) is 3. The van der Waals surface area contributed by atoms with Gasteiger partial charge in [-0.25, -0.2) is 0 Å². The molecular weight excluding hydrogens is 228 g/mol. The van der Waals surface area contributed by atoms with E-state index in [1.807, 2.05) is 12.1 Å². The molecule has 4 nitrogen and oxygen atoms in total. The van der Waals surface area contributed by atoms with Crippen LogP contribution in [0.25, 0.3) is 0 Å². The minimum absolute atomic E-state index is 0. The number of benzene rings is 1. The van der Waals surface area contributed by atoms with Gasteiger partial charge in [0, 0.05) is 18.2 Å². The van der Waals surface area contributed by atoms with E-state index >= 15 is 0 Å². The summed E-state index contributed by atoms with van der Waals surface area (Å²) in [6.07, 6.45) is 0. The van der Waals surface area contributed by atoms with Crippen molar-refractivity contribution in [3.05, 3.63) is 35.4 Å². The Morgan fingerprint density at radius 2 is 2.00 bits per heavy atom. The Bertz CT molecular complexity index is 327. The maximum Gasteiger partial charge on any atom is 0.251 e. The number of nitrogens with two attached hydrogens (primary N) is 1. The van der Waals surface area contributed by atoms with E-state index in [1.54, 1.807) is 19.1 Å². The summed E-state index contributed by atoms with van der Waals surface area (Å²) in [5.41, 5.74) is 7.01. The molecule has 0 aromatic heterocycles. The number of carbonyl (C=O) groups is 1. The molecule has 0 bridgehead atoms. The fourth-order valence-corrected chi connectivity index (χ4v) is 1.14. The van der Waals surface area contributed by atoms with Crippen LogP contribution in [0.3, 0.4) is 0 Å². The van der Waals surface area contributed by atoms with E-state index in [0.717, 1.165) is 5.56 Å². The topological polar surface area (TPSA) is 75.3 Å². The zero-order valence-electron chi connectivity index (χ0n) is 9.14. The first-order valence-corrected chi connectivity index (χ1v) is 4.88. The molecule has 0 aliphatic carbocycles. The van der Waals surface area contributed by atoms with Gasteiger partial charge in [0.05, 0.1) is 6.61 Å². The summed E-state index contributed by atoms with van der Waals surface area (Å²) >= 11 is 0. The highest BCUT2D eigenvalue weighted by molar-refractivity contribution is 5.94. The number of nitrogens with one attached hydrogen (secondary N) is 1. The van der Waals surface area contributed by atoms with E-state index in [2.05, 4.69) is 5.32 Å². The van der Waals surface area contributed by atoms with E-state index in [-0.39, 0.29) is 31.0 Å². The lowest BCUT2D eigenvalue weighted by Gasteiger charge is -2.10. The van der Waals surface area contributed by atoms with Gasteiger partial charge < -0.3 is 16.2 Å². The van der Waals surface area contributed by atoms with Crippen molar-refractivity contribution >= 4 is 18.3 Å². The predicted octanol–water partition coefficient (Wildman–Crippen LogP) is 0.678. The number of aliphatic hydroxyl groups excluding tert-OH is 1. The van der Waals surface area contributed by atoms with Crippen molar-refractivity contribution in [3.8, 4) is 0 Å². The molecule has 90 valence electrons. The molecule has 1 aromatic carbocycles. The molecule has 0 aliphatic rings. The van der Waals surface area contributed by atoms with Gasteiger partial charge in [0.15, 0.2) is 0 Å².